The molecule has 2 amide bonds. The number of hydrogen-bond acceptors (Lipinski definition) is 3. The van der Waals surface area contributed by atoms with Crippen molar-refractivity contribution in [2.24, 2.45) is 0 Å². The predicted molar refractivity (Wildman–Crippen MR) is 53.7 cm³/mol. The Balaban J connectivity index is 2.17. The lowest BCUT2D eigenvalue weighted by Crippen LogP contribution is -2.46. The minimum Gasteiger partial charge on any atom is -0.313 e. The Labute approximate surface area is 84.4 Å². The molecule has 0 aromatic carbocycles. The number of rotatable bonds is 5. The highest BCUT2D eigenvalue weighted by atomic mass is 16.2. The molecule has 1 heterocycles. The van der Waals surface area contributed by atoms with Gasteiger partial charge in [-0.05, 0) is 13.0 Å². The Kier molecular flexibility index (Phi) is 4.59. The van der Waals surface area contributed by atoms with Gasteiger partial charge < -0.3 is 5.32 Å². The normalized spacial score (nSPS) is 18.4. The van der Waals surface area contributed by atoms with Crippen LogP contribution in [0.2, 0.25) is 0 Å². The van der Waals surface area contributed by atoms with Gasteiger partial charge in [0.05, 0.1) is 0 Å². The Hall–Kier alpha value is -0.900. The van der Waals surface area contributed by atoms with Gasteiger partial charge in [-0.25, -0.2) is 0 Å². The highest BCUT2D eigenvalue weighted by Gasteiger charge is 2.23. The van der Waals surface area contributed by atoms with Crippen molar-refractivity contribution >= 4 is 11.8 Å². The largest absolute Gasteiger partial charge is 0.313 e. The van der Waals surface area contributed by atoms with Crippen molar-refractivity contribution in [2.75, 3.05) is 6.54 Å². The number of nitrogens with one attached hydrogen (secondary N) is 2. The molecule has 80 valence electrons. The van der Waals surface area contributed by atoms with E-state index in [4.69, 9.17) is 0 Å². The van der Waals surface area contributed by atoms with Crippen LogP contribution >= 0.6 is 0 Å². The number of hydrogen-bond donors (Lipinski definition) is 2. The standard InChI is InChI=1S/C10H18N2O2/c1-2-3-4-5-11-8-6-9(13)12-10(14)7-8/h8,11H,2-7H2,1H3,(H,12,13,14). The zero-order valence-electron chi connectivity index (χ0n) is 8.64. The van der Waals surface area contributed by atoms with Crippen LogP contribution in [0.15, 0.2) is 0 Å². The molecule has 0 bridgehead atoms. The molecule has 0 saturated carbocycles. The second kappa shape index (κ2) is 5.75. The van der Waals surface area contributed by atoms with Gasteiger partial charge in [-0.2, -0.15) is 0 Å². The highest BCUT2D eigenvalue weighted by Crippen LogP contribution is 2.04. The first-order chi connectivity index (χ1) is 6.72. The van der Waals surface area contributed by atoms with Gasteiger partial charge in [0.25, 0.3) is 0 Å². The maximum atomic E-state index is 11.0. The zero-order valence-corrected chi connectivity index (χ0v) is 8.64. The van der Waals surface area contributed by atoms with Gasteiger partial charge in [-0.1, -0.05) is 19.8 Å². The number of carbonyl (C=O) groups is 2. The molecule has 0 spiro atoms. The third-order valence-electron chi connectivity index (χ3n) is 2.36. The average molecular weight is 198 g/mol. The molecular formula is C10H18N2O2. The first-order valence-corrected chi connectivity index (χ1v) is 5.28. The van der Waals surface area contributed by atoms with Crippen LogP contribution in [0, 0.1) is 0 Å². The molecule has 4 nitrogen and oxygen atoms in total. The molecule has 1 aliphatic heterocycles. The molecular weight excluding hydrogens is 180 g/mol. The van der Waals surface area contributed by atoms with Crippen LogP contribution in [0.3, 0.4) is 0 Å². The minimum atomic E-state index is -0.158. The van der Waals surface area contributed by atoms with E-state index in [1.165, 1.54) is 12.8 Å². The van der Waals surface area contributed by atoms with Crippen molar-refractivity contribution < 1.29 is 9.59 Å². The van der Waals surface area contributed by atoms with Crippen molar-refractivity contribution in [1.82, 2.24) is 10.6 Å². The summed E-state index contributed by atoms with van der Waals surface area (Å²) in [5.41, 5.74) is 0. The molecule has 1 rings (SSSR count). The zero-order chi connectivity index (χ0) is 10.4. The van der Waals surface area contributed by atoms with Crippen LogP contribution in [0.25, 0.3) is 0 Å². The van der Waals surface area contributed by atoms with Gasteiger partial charge in [0.1, 0.15) is 0 Å². The number of piperidine rings is 1. The molecule has 0 atom stereocenters. The topological polar surface area (TPSA) is 58.2 Å². The van der Waals surface area contributed by atoms with E-state index >= 15 is 0 Å². The van der Waals surface area contributed by atoms with Crippen molar-refractivity contribution in [1.29, 1.82) is 0 Å². The maximum absolute atomic E-state index is 11.0. The molecule has 0 aliphatic carbocycles. The molecule has 1 saturated heterocycles. The van der Waals surface area contributed by atoms with E-state index in [0.29, 0.717) is 12.8 Å². The van der Waals surface area contributed by atoms with E-state index in [1.807, 2.05) is 0 Å². The first-order valence-electron chi connectivity index (χ1n) is 5.28. The van der Waals surface area contributed by atoms with Crippen LogP contribution < -0.4 is 10.6 Å². The predicted octanol–water partition coefficient (Wildman–Crippen LogP) is 0.571. The van der Waals surface area contributed by atoms with E-state index in [-0.39, 0.29) is 17.9 Å². The minimum absolute atomic E-state index is 0.0492. The first kappa shape index (κ1) is 11.2. The lowest BCUT2D eigenvalue weighted by atomic mass is 10.1. The number of carbonyl (C=O) groups excluding carboxylic acids is 2. The fourth-order valence-electron chi connectivity index (χ4n) is 1.60. The number of imide groups is 1. The van der Waals surface area contributed by atoms with Gasteiger partial charge in [0, 0.05) is 18.9 Å². The Bertz CT molecular complexity index is 200. The van der Waals surface area contributed by atoms with Crippen molar-refractivity contribution in [3.8, 4) is 0 Å². The summed E-state index contributed by atoms with van der Waals surface area (Å²) in [4.78, 5) is 22.0. The summed E-state index contributed by atoms with van der Waals surface area (Å²) in [7, 11) is 0. The van der Waals surface area contributed by atoms with Gasteiger partial charge in [0.2, 0.25) is 11.8 Å². The summed E-state index contributed by atoms with van der Waals surface area (Å²) in [5.74, 6) is -0.316. The Morgan fingerprint density at radius 2 is 1.93 bits per heavy atom. The quantitative estimate of drug-likeness (QED) is 0.501. The summed E-state index contributed by atoms with van der Waals surface area (Å²) >= 11 is 0. The monoisotopic (exact) mass is 198 g/mol. The highest BCUT2D eigenvalue weighted by molar-refractivity contribution is 5.98. The Morgan fingerprint density at radius 3 is 2.50 bits per heavy atom. The van der Waals surface area contributed by atoms with Crippen molar-refractivity contribution in [3.63, 3.8) is 0 Å². The summed E-state index contributed by atoms with van der Waals surface area (Å²) < 4.78 is 0. The molecule has 2 N–H and O–H groups in total. The van der Waals surface area contributed by atoms with E-state index < -0.39 is 0 Å². The van der Waals surface area contributed by atoms with Crippen LogP contribution in [0.1, 0.15) is 39.0 Å². The Morgan fingerprint density at radius 1 is 1.29 bits per heavy atom. The summed E-state index contributed by atoms with van der Waals surface area (Å²) in [5, 5.41) is 5.53. The summed E-state index contributed by atoms with van der Waals surface area (Å²) in [6, 6.07) is 0.0492. The molecule has 14 heavy (non-hydrogen) atoms. The van der Waals surface area contributed by atoms with E-state index in [0.717, 1.165) is 13.0 Å². The molecule has 0 unspecified atom stereocenters. The third kappa shape index (κ3) is 3.87. The molecule has 0 radical (unpaired) electrons. The number of unbranched alkanes of at least 4 members (excludes halogenated alkanes) is 2. The third-order valence-corrected chi connectivity index (χ3v) is 2.36. The molecule has 0 aromatic rings. The lowest BCUT2D eigenvalue weighted by molar-refractivity contribution is -0.133. The van der Waals surface area contributed by atoms with E-state index in [1.54, 1.807) is 0 Å². The smallest absolute Gasteiger partial charge is 0.228 e. The second-order valence-corrected chi connectivity index (χ2v) is 3.74. The van der Waals surface area contributed by atoms with E-state index in [2.05, 4.69) is 17.6 Å². The average Bonchev–Trinajstić information content (AvgIpc) is 2.11. The molecule has 0 aromatic heterocycles. The van der Waals surface area contributed by atoms with Crippen molar-refractivity contribution in [2.45, 2.75) is 45.1 Å². The lowest BCUT2D eigenvalue weighted by Gasteiger charge is -2.21. The van der Waals surface area contributed by atoms with Crippen LogP contribution in [-0.4, -0.2) is 24.4 Å². The van der Waals surface area contributed by atoms with Gasteiger partial charge in [0.15, 0.2) is 0 Å². The fourth-order valence-corrected chi connectivity index (χ4v) is 1.60. The molecule has 1 aliphatic rings. The van der Waals surface area contributed by atoms with Gasteiger partial charge >= 0.3 is 0 Å². The van der Waals surface area contributed by atoms with Crippen LogP contribution in [0.5, 0.6) is 0 Å². The van der Waals surface area contributed by atoms with Gasteiger partial charge in [-0.15, -0.1) is 0 Å². The summed E-state index contributed by atoms with van der Waals surface area (Å²) in [6.45, 7) is 3.05. The molecule has 4 heteroatoms. The van der Waals surface area contributed by atoms with Gasteiger partial charge in [-0.3, -0.25) is 14.9 Å². The SMILES string of the molecule is CCCCCNC1CC(=O)NC(=O)C1. The van der Waals surface area contributed by atoms with Crippen molar-refractivity contribution in [3.05, 3.63) is 0 Å². The number of amides is 2. The van der Waals surface area contributed by atoms with Crippen LogP contribution in [-0.2, 0) is 9.59 Å². The second-order valence-electron chi connectivity index (χ2n) is 3.74. The summed E-state index contributed by atoms with van der Waals surface area (Å²) in [6.07, 6.45) is 4.35. The van der Waals surface area contributed by atoms with E-state index in [9.17, 15) is 9.59 Å². The molecule has 1 fully saturated rings. The maximum Gasteiger partial charge on any atom is 0.228 e. The van der Waals surface area contributed by atoms with Crippen LogP contribution in [0.4, 0.5) is 0 Å². The fraction of sp³-hybridized carbons (Fsp3) is 0.800.